The van der Waals surface area contributed by atoms with Crippen LogP contribution in [0.3, 0.4) is 0 Å². The van der Waals surface area contributed by atoms with Gasteiger partial charge in [0, 0.05) is 11.6 Å². The molecule has 1 atom stereocenters. The summed E-state index contributed by atoms with van der Waals surface area (Å²) in [5.74, 6) is -0.153. The van der Waals surface area contributed by atoms with Crippen LogP contribution in [0, 0.1) is 0 Å². The normalized spacial score (nSPS) is 15.4. The fraction of sp³-hybridized carbons (Fsp3) is 0.350. The van der Waals surface area contributed by atoms with Crippen molar-refractivity contribution in [3.05, 3.63) is 64.7 Å². The van der Waals surface area contributed by atoms with Gasteiger partial charge in [-0.2, -0.15) is 0 Å². The Bertz CT molecular complexity index is 903. The zero-order valence-corrected chi connectivity index (χ0v) is 15.4. The van der Waals surface area contributed by atoms with Crippen LogP contribution in [-0.2, 0) is 22.9 Å². The van der Waals surface area contributed by atoms with Crippen molar-refractivity contribution in [3.8, 4) is 0 Å². The monoisotopic (exact) mass is 357 g/mol. The van der Waals surface area contributed by atoms with E-state index in [9.17, 15) is 13.2 Å². The second-order valence-corrected chi connectivity index (χ2v) is 8.38. The number of ketones is 1. The summed E-state index contributed by atoms with van der Waals surface area (Å²) < 4.78 is 28.0. The molecule has 1 aliphatic rings. The molecule has 0 heterocycles. The number of rotatable bonds is 5. The molecule has 0 bridgehead atoms. The molecule has 1 aliphatic carbocycles. The van der Waals surface area contributed by atoms with Crippen molar-refractivity contribution in [3.63, 3.8) is 0 Å². The maximum Gasteiger partial charge on any atom is 0.241 e. The average Bonchev–Trinajstić information content (AvgIpc) is 2.61. The van der Waals surface area contributed by atoms with Crippen LogP contribution in [0.5, 0.6) is 0 Å². The highest BCUT2D eigenvalue weighted by atomic mass is 32.2. The zero-order valence-electron chi connectivity index (χ0n) is 14.6. The van der Waals surface area contributed by atoms with Gasteiger partial charge in [0.15, 0.2) is 5.78 Å². The zero-order chi connectivity index (χ0) is 18.0. The Morgan fingerprint density at radius 2 is 1.76 bits per heavy atom. The summed E-state index contributed by atoms with van der Waals surface area (Å²) in [7, 11) is -3.69. The molecule has 2 aromatic carbocycles. The summed E-state index contributed by atoms with van der Waals surface area (Å²) in [5, 5.41) is 0. The number of sulfonamides is 1. The Morgan fingerprint density at radius 1 is 1.04 bits per heavy atom. The summed E-state index contributed by atoms with van der Waals surface area (Å²) in [6, 6.07) is 12.0. The lowest BCUT2D eigenvalue weighted by atomic mass is 9.89. The lowest BCUT2D eigenvalue weighted by Crippen LogP contribution is -2.27. The van der Waals surface area contributed by atoms with E-state index >= 15 is 0 Å². The van der Waals surface area contributed by atoms with Crippen LogP contribution in [0.4, 0.5) is 0 Å². The van der Waals surface area contributed by atoms with E-state index in [0.29, 0.717) is 5.56 Å². The Kier molecular flexibility index (Phi) is 5.06. The van der Waals surface area contributed by atoms with E-state index in [2.05, 4.69) is 16.9 Å². The Balaban J connectivity index is 1.83. The van der Waals surface area contributed by atoms with Gasteiger partial charge < -0.3 is 0 Å². The molecular weight excluding hydrogens is 334 g/mol. The van der Waals surface area contributed by atoms with Gasteiger partial charge in [-0.15, -0.1) is 0 Å². The largest absolute Gasteiger partial charge is 0.295 e. The molecule has 0 saturated heterocycles. The lowest BCUT2D eigenvalue weighted by molar-refractivity contribution is 0.101. The number of carbonyl (C=O) groups excluding carboxylic acids is 1. The van der Waals surface area contributed by atoms with Crippen LogP contribution in [0.15, 0.2) is 47.4 Å². The van der Waals surface area contributed by atoms with Crippen LogP contribution >= 0.6 is 0 Å². The molecule has 0 aliphatic heterocycles. The molecule has 132 valence electrons. The van der Waals surface area contributed by atoms with Crippen LogP contribution in [0.2, 0.25) is 0 Å². The highest BCUT2D eigenvalue weighted by Crippen LogP contribution is 2.25. The number of Topliss-reactive ketones (excluding diaryl/α,β-unsaturated/α-hetero) is 1. The summed E-state index contributed by atoms with van der Waals surface area (Å²) in [6.45, 7) is 3.27. The average molecular weight is 357 g/mol. The maximum absolute atomic E-state index is 12.7. The Hall–Kier alpha value is -1.98. The van der Waals surface area contributed by atoms with Gasteiger partial charge in [-0.1, -0.05) is 30.3 Å². The van der Waals surface area contributed by atoms with E-state index in [-0.39, 0.29) is 16.7 Å². The van der Waals surface area contributed by atoms with Gasteiger partial charge in [0.25, 0.3) is 0 Å². The van der Waals surface area contributed by atoms with Crippen LogP contribution in [0.1, 0.15) is 59.8 Å². The SMILES string of the molecule is CC(=O)c1cccc(S(=O)(=O)N[C@@H](C)c2ccc3c(c2)CCCC3)c1. The minimum Gasteiger partial charge on any atom is -0.295 e. The Labute approximate surface area is 149 Å². The fourth-order valence-electron chi connectivity index (χ4n) is 3.27. The first-order chi connectivity index (χ1) is 11.9. The van der Waals surface area contributed by atoms with Crippen LogP contribution in [0.25, 0.3) is 0 Å². The third-order valence-electron chi connectivity index (χ3n) is 4.76. The molecule has 0 spiro atoms. The highest BCUT2D eigenvalue weighted by molar-refractivity contribution is 7.89. The third kappa shape index (κ3) is 3.99. The first-order valence-corrected chi connectivity index (χ1v) is 10.1. The van der Waals surface area contributed by atoms with Crippen molar-refractivity contribution >= 4 is 15.8 Å². The molecular formula is C20H23NO3S. The number of hydrogen-bond acceptors (Lipinski definition) is 3. The predicted molar refractivity (Wildman–Crippen MR) is 98.3 cm³/mol. The first-order valence-electron chi connectivity index (χ1n) is 8.62. The van der Waals surface area contributed by atoms with E-state index in [4.69, 9.17) is 0 Å². The molecule has 25 heavy (non-hydrogen) atoms. The summed E-state index contributed by atoms with van der Waals surface area (Å²) in [6.07, 6.45) is 4.58. The van der Waals surface area contributed by atoms with Gasteiger partial charge in [-0.25, -0.2) is 13.1 Å². The number of hydrogen-bond donors (Lipinski definition) is 1. The second-order valence-electron chi connectivity index (χ2n) is 6.66. The van der Waals surface area contributed by atoms with Crippen molar-refractivity contribution < 1.29 is 13.2 Å². The molecule has 0 unspecified atom stereocenters. The van der Waals surface area contributed by atoms with Gasteiger partial charge in [0.1, 0.15) is 0 Å². The molecule has 3 rings (SSSR count). The second kappa shape index (κ2) is 7.10. The quantitative estimate of drug-likeness (QED) is 0.828. The first kappa shape index (κ1) is 17.8. The van der Waals surface area contributed by atoms with Crippen molar-refractivity contribution in [2.75, 3.05) is 0 Å². The van der Waals surface area contributed by atoms with Crippen molar-refractivity contribution in [1.82, 2.24) is 4.72 Å². The number of nitrogens with one attached hydrogen (secondary N) is 1. The van der Waals surface area contributed by atoms with Gasteiger partial charge in [-0.05, 0) is 68.4 Å². The third-order valence-corrected chi connectivity index (χ3v) is 6.29. The lowest BCUT2D eigenvalue weighted by Gasteiger charge is -2.20. The maximum atomic E-state index is 12.7. The molecule has 4 nitrogen and oxygen atoms in total. The standard InChI is InChI=1S/C20H23NO3S/c1-14(17-11-10-16-6-3-4-7-19(16)12-17)21-25(23,24)20-9-5-8-18(13-20)15(2)22/h5,8-14,21H,3-4,6-7H2,1-2H3/t14-/m0/s1. The molecule has 0 amide bonds. The van der Waals surface area contributed by atoms with Crippen molar-refractivity contribution in [2.24, 2.45) is 0 Å². The summed E-state index contributed by atoms with van der Waals surface area (Å²) in [5.41, 5.74) is 4.06. The van der Waals surface area contributed by atoms with Gasteiger partial charge in [0.2, 0.25) is 10.0 Å². The minimum absolute atomic E-state index is 0.116. The molecule has 0 saturated carbocycles. The number of fused-ring (bicyclic) bond motifs is 1. The summed E-state index contributed by atoms with van der Waals surface area (Å²) in [4.78, 5) is 11.6. The highest BCUT2D eigenvalue weighted by Gasteiger charge is 2.20. The number of benzene rings is 2. The van der Waals surface area contributed by atoms with Crippen LogP contribution < -0.4 is 4.72 Å². The van der Waals surface area contributed by atoms with Gasteiger partial charge in [0.05, 0.1) is 4.90 Å². The van der Waals surface area contributed by atoms with E-state index in [0.717, 1.165) is 18.4 Å². The molecule has 5 heteroatoms. The Morgan fingerprint density at radius 3 is 2.48 bits per heavy atom. The van der Waals surface area contributed by atoms with E-state index in [1.807, 2.05) is 13.0 Å². The van der Waals surface area contributed by atoms with E-state index in [1.165, 1.54) is 43.0 Å². The number of carbonyl (C=O) groups is 1. The fourth-order valence-corrected chi connectivity index (χ4v) is 4.55. The molecule has 0 radical (unpaired) electrons. The minimum atomic E-state index is -3.69. The summed E-state index contributed by atoms with van der Waals surface area (Å²) >= 11 is 0. The van der Waals surface area contributed by atoms with E-state index in [1.54, 1.807) is 12.1 Å². The number of aryl methyl sites for hydroxylation is 2. The van der Waals surface area contributed by atoms with Crippen LogP contribution in [-0.4, -0.2) is 14.2 Å². The van der Waals surface area contributed by atoms with Crippen molar-refractivity contribution in [1.29, 1.82) is 0 Å². The van der Waals surface area contributed by atoms with Gasteiger partial charge >= 0.3 is 0 Å². The molecule has 0 fully saturated rings. The smallest absolute Gasteiger partial charge is 0.241 e. The molecule has 1 N–H and O–H groups in total. The topological polar surface area (TPSA) is 63.2 Å². The van der Waals surface area contributed by atoms with Gasteiger partial charge in [-0.3, -0.25) is 4.79 Å². The van der Waals surface area contributed by atoms with E-state index < -0.39 is 10.0 Å². The molecule has 2 aromatic rings. The van der Waals surface area contributed by atoms with Crippen molar-refractivity contribution in [2.45, 2.75) is 50.5 Å². The molecule has 0 aromatic heterocycles. The predicted octanol–water partition coefficient (Wildman–Crippen LogP) is 3.81.